The Balaban J connectivity index is 0. The summed E-state index contributed by atoms with van der Waals surface area (Å²) in [7, 11) is -10.3. The molecule has 7 nitrogen and oxygen atoms in total. The van der Waals surface area contributed by atoms with Crippen molar-refractivity contribution in [3.8, 4) is 5.75 Å². The first-order chi connectivity index (χ1) is 7.05. The molecule has 0 aliphatic rings. The Morgan fingerprint density at radius 2 is 1.44 bits per heavy atom. The second kappa shape index (κ2) is 7.02. The van der Waals surface area contributed by atoms with Crippen LogP contribution < -0.4 is 59.1 Å². The first-order valence-corrected chi connectivity index (χ1v) is 6.61. The molecule has 1 N–H and O–H groups in total. The zero-order valence-corrected chi connectivity index (χ0v) is 15.5. The van der Waals surface area contributed by atoms with Crippen molar-refractivity contribution in [1.82, 2.24) is 0 Å². The van der Waals surface area contributed by atoms with E-state index in [1.807, 2.05) is 0 Å². The summed E-state index contributed by atoms with van der Waals surface area (Å²) in [4.78, 5) is -2.36. The maximum Gasteiger partial charge on any atom is 1.00 e. The van der Waals surface area contributed by atoms with Crippen LogP contribution in [0, 0.1) is 6.92 Å². The van der Waals surface area contributed by atoms with Crippen LogP contribution in [0.2, 0.25) is 0 Å². The number of benzene rings is 1. The predicted octanol–water partition coefficient (Wildman–Crippen LogP) is -6.48. The quantitative estimate of drug-likeness (QED) is 0.424. The van der Waals surface area contributed by atoms with Gasteiger partial charge in [-0.05, 0) is 19.1 Å². The van der Waals surface area contributed by atoms with Crippen molar-refractivity contribution in [1.29, 1.82) is 0 Å². The van der Waals surface area contributed by atoms with Crippen LogP contribution in [0.3, 0.4) is 0 Å². The average Bonchev–Trinajstić information content (AvgIpc) is 2.05. The Morgan fingerprint density at radius 1 is 1.00 bits per heavy atom. The van der Waals surface area contributed by atoms with E-state index in [1.54, 1.807) is 0 Å². The van der Waals surface area contributed by atoms with Crippen LogP contribution in [0.25, 0.3) is 0 Å². The van der Waals surface area contributed by atoms with Gasteiger partial charge in [-0.3, -0.25) is 0 Å². The third-order valence-corrected chi connectivity index (χ3v) is 3.89. The van der Waals surface area contributed by atoms with Gasteiger partial charge < -0.3 is 14.2 Å². The van der Waals surface area contributed by atoms with Gasteiger partial charge in [-0.2, -0.15) is 0 Å². The van der Waals surface area contributed by atoms with E-state index in [2.05, 4.69) is 0 Å². The van der Waals surface area contributed by atoms with Crippen molar-refractivity contribution < 1.29 is 90.2 Å². The van der Waals surface area contributed by atoms with Gasteiger partial charge in [-0.1, -0.05) is 0 Å². The molecule has 18 heavy (non-hydrogen) atoms. The molecule has 0 heterocycles. The Bertz CT molecular complexity index is 636. The third-order valence-electron chi connectivity index (χ3n) is 1.86. The van der Waals surface area contributed by atoms with Crippen molar-refractivity contribution in [2.24, 2.45) is 0 Å². The van der Waals surface area contributed by atoms with Gasteiger partial charge in [0.2, 0.25) is 0 Å². The van der Waals surface area contributed by atoms with E-state index >= 15 is 0 Å². The minimum Gasteiger partial charge on any atom is -0.744 e. The van der Waals surface area contributed by atoms with Gasteiger partial charge in [0.05, 0.1) is 9.79 Å². The Morgan fingerprint density at radius 3 is 1.78 bits per heavy atom. The minimum atomic E-state index is -5.16. The molecule has 0 bridgehead atoms. The van der Waals surface area contributed by atoms with E-state index in [-0.39, 0.29) is 59.1 Å². The fraction of sp³-hybridized carbons (Fsp3) is 0.143. The van der Waals surface area contributed by atoms with Crippen LogP contribution in [0.15, 0.2) is 21.9 Å². The molecule has 0 aromatic heterocycles. The summed E-state index contributed by atoms with van der Waals surface area (Å²) in [5.74, 6) is -0.582. The molecule has 0 radical (unpaired) electrons. The van der Waals surface area contributed by atoms with Gasteiger partial charge >= 0.3 is 59.1 Å². The zero-order chi connectivity index (χ0) is 12.7. The van der Waals surface area contributed by atoms with Gasteiger partial charge in [-0.15, -0.1) is 0 Å². The summed E-state index contributed by atoms with van der Waals surface area (Å²) < 4.78 is 64.6. The summed E-state index contributed by atoms with van der Waals surface area (Å²) in [6.45, 7) is 1.02. The average molecular weight is 312 g/mol. The Kier molecular flexibility index (Phi) is 8.25. The van der Waals surface area contributed by atoms with E-state index in [0.29, 0.717) is 6.07 Å². The first-order valence-electron chi connectivity index (χ1n) is 3.79. The van der Waals surface area contributed by atoms with Gasteiger partial charge in [0.25, 0.3) is 0 Å². The fourth-order valence-corrected chi connectivity index (χ4v) is 3.19. The van der Waals surface area contributed by atoms with E-state index in [4.69, 9.17) is 5.11 Å². The van der Waals surface area contributed by atoms with Crippen LogP contribution in [0.4, 0.5) is 0 Å². The number of aromatic hydroxyl groups is 1. The van der Waals surface area contributed by atoms with Crippen molar-refractivity contribution in [3.63, 3.8) is 0 Å². The van der Waals surface area contributed by atoms with E-state index in [1.165, 1.54) is 0 Å². The normalized spacial score (nSPS) is 11.3. The standard InChI is InChI=1S/C7H8O7S2.2Na/c1-4-5(8)2-3-6(15(9,10)11)7(4)16(12,13)14;;/h2-3,8H,1H3,(H,9,10,11)(H,12,13,14);;/q;2*+1/p-2. The fourth-order valence-electron chi connectivity index (χ4n) is 1.16. The summed E-state index contributed by atoms with van der Waals surface area (Å²) in [5.41, 5.74) is -0.466. The topological polar surface area (TPSA) is 135 Å². The van der Waals surface area contributed by atoms with Crippen molar-refractivity contribution in [3.05, 3.63) is 17.7 Å². The predicted molar refractivity (Wildman–Crippen MR) is 48.8 cm³/mol. The minimum absolute atomic E-state index is 0. The number of phenols is 1. The summed E-state index contributed by atoms with van der Waals surface area (Å²) in [6, 6.07) is 1.41. The molecule has 1 aromatic rings. The molecule has 0 fully saturated rings. The smallest absolute Gasteiger partial charge is 0.744 e. The monoisotopic (exact) mass is 312 g/mol. The molecule has 0 saturated heterocycles. The van der Waals surface area contributed by atoms with Crippen molar-refractivity contribution >= 4 is 20.2 Å². The Hall–Kier alpha value is 0.840. The van der Waals surface area contributed by atoms with Crippen LogP contribution >= 0.6 is 0 Å². The van der Waals surface area contributed by atoms with Gasteiger partial charge in [0.15, 0.2) is 0 Å². The first kappa shape index (κ1) is 21.1. The van der Waals surface area contributed by atoms with Crippen LogP contribution in [0.5, 0.6) is 5.75 Å². The summed E-state index contributed by atoms with van der Waals surface area (Å²) >= 11 is 0. The number of phenolic OH excluding ortho intramolecular Hbond substituents is 1. The number of rotatable bonds is 2. The molecule has 0 saturated carbocycles. The van der Waals surface area contributed by atoms with Gasteiger partial charge in [-0.25, -0.2) is 16.8 Å². The van der Waals surface area contributed by atoms with Crippen LogP contribution in [0.1, 0.15) is 5.56 Å². The largest absolute Gasteiger partial charge is 1.00 e. The molecule has 1 rings (SSSR count). The molecule has 0 atom stereocenters. The van der Waals surface area contributed by atoms with Gasteiger partial charge in [0, 0.05) is 5.56 Å². The second-order valence-electron chi connectivity index (χ2n) is 2.95. The summed E-state index contributed by atoms with van der Waals surface area (Å²) in [5, 5.41) is 9.15. The van der Waals surface area contributed by atoms with E-state index in [0.717, 1.165) is 13.0 Å². The SMILES string of the molecule is Cc1c(O)ccc(S(=O)(=O)[O-])c1S(=O)(=O)[O-].[Na+].[Na+]. The molecule has 0 unspecified atom stereocenters. The molecule has 0 amide bonds. The van der Waals surface area contributed by atoms with E-state index in [9.17, 15) is 25.9 Å². The molecule has 1 aromatic carbocycles. The number of hydrogen-bond acceptors (Lipinski definition) is 7. The Labute approximate surface area is 149 Å². The number of hydrogen-bond donors (Lipinski definition) is 1. The maximum absolute atomic E-state index is 10.8. The van der Waals surface area contributed by atoms with Crippen LogP contribution in [-0.2, 0) is 20.2 Å². The van der Waals surface area contributed by atoms with Gasteiger partial charge in [0.1, 0.15) is 26.0 Å². The molecule has 11 heteroatoms. The zero-order valence-electron chi connectivity index (χ0n) is 9.87. The molecule has 0 aliphatic carbocycles. The molecule has 0 aliphatic heterocycles. The third kappa shape index (κ3) is 4.75. The molecular weight excluding hydrogens is 306 g/mol. The molecule has 0 spiro atoms. The molecular formula is C7H6Na2O7S2. The second-order valence-corrected chi connectivity index (χ2v) is 5.61. The maximum atomic E-state index is 10.8. The van der Waals surface area contributed by atoms with Crippen molar-refractivity contribution in [2.75, 3.05) is 0 Å². The molecule has 90 valence electrons. The van der Waals surface area contributed by atoms with Crippen LogP contribution in [-0.4, -0.2) is 31.0 Å². The summed E-state index contributed by atoms with van der Waals surface area (Å²) in [6.07, 6.45) is 0. The van der Waals surface area contributed by atoms with Crippen molar-refractivity contribution in [2.45, 2.75) is 16.7 Å². The van der Waals surface area contributed by atoms with E-state index < -0.39 is 41.3 Å².